The molecule has 1 heterocycles. The summed E-state index contributed by atoms with van der Waals surface area (Å²) in [7, 11) is 0. The van der Waals surface area contributed by atoms with Gasteiger partial charge >= 0.3 is 0 Å². The molecule has 1 aromatic rings. The first-order valence-corrected chi connectivity index (χ1v) is 3.94. The van der Waals surface area contributed by atoms with Crippen molar-refractivity contribution in [3.05, 3.63) is 23.5 Å². The Labute approximate surface area is 69.6 Å². The summed E-state index contributed by atoms with van der Waals surface area (Å²) < 4.78 is 0. The van der Waals surface area contributed by atoms with Crippen LogP contribution in [0.5, 0.6) is 0 Å². The van der Waals surface area contributed by atoms with Crippen LogP contribution in [-0.2, 0) is 0 Å². The van der Waals surface area contributed by atoms with Gasteiger partial charge in [0.1, 0.15) is 0 Å². The van der Waals surface area contributed by atoms with Crippen LogP contribution in [0.2, 0.25) is 0 Å². The molecule has 0 unspecified atom stereocenters. The second kappa shape index (κ2) is 2.64. The molecule has 2 rings (SSSR count). The van der Waals surface area contributed by atoms with E-state index in [4.69, 9.17) is 5.21 Å². The highest BCUT2D eigenvalue weighted by Crippen LogP contribution is 2.40. The molecule has 0 bridgehead atoms. The van der Waals surface area contributed by atoms with Crippen molar-refractivity contribution in [1.82, 2.24) is 10.5 Å². The van der Waals surface area contributed by atoms with Crippen molar-refractivity contribution in [1.29, 1.82) is 0 Å². The van der Waals surface area contributed by atoms with Crippen LogP contribution in [0.25, 0.3) is 0 Å². The molecule has 0 aliphatic heterocycles. The van der Waals surface area contributed by atoms with Crippen molar-refractivity contribution in [3.8, 4) is 0 Å². The van der Waals surface area contributed by atoms with E-state index in [0.29, 0.717) is 11.5 Å². The molecule has 64 valence electrons. The van der Waals surface area contributed by atoms with Gasteiger partial charge < -0.3 is 4.98 Å². The van der Waals surface area contributed by atoms with Crippen molar-refractivity contribution in [2.24, 2.45) is 0 Å². The van der Waals surface area contributed by atoms with E-state index in [1.54, 1.807) is 17.7 Å². The van der Waals surface area contributed by atoms with Crippen molar-refractivity contribution in [2.75, 3.05) is 0 Å². The van der Waals surface area contributed by atoms with Gasteiger partial charge in [-0.05, 0) is 24.8 Å². The molecule has 3 N–H and O–H groups in total. The van der Waals surface area contributed by atoms with Gasteiger partial charge in [0.25, 0.3) is 5.91 Å². The number of hydroxylamine groups is 1. The number of nitrogens with one attached hydrogen (secondary N) is 2. The molecule has 0 atom stereocenters. The van der Waals surface area contributed by atoms with E-state index < -0.39 is 5.91 Å². The fourth-order valence-electron chi connectivity index (χ4n) is 1.35. The first kappa shape index (κ1) is 7.36. The lowest BCUT2D eigenvalue weighted by Crippen LogP contribution is -2.19. The lowest BCUT2D eigenvalue weighted by atomic mass is 10.2. The largest absolute Gasteiger partial charge is 0.364 e. The lowest BCUT2D eigenvalue weighted by Gasteiger charge is -1.98. The summed E-state index contributed by atoms with van der Waals surface area (Å²) in [6.45, 7) is 0. The van der Waals surface area contributed by atoms with Crippen LogP contribution >= 0.6 is 0 Å². The maximum atomic E-state index is 11.0. The molecular formula is C8H10N2O2. The third-order valence-electron chi connectivity index (χ3n) is 2.11. The Morgan fingerprint density at radius 1 is 1.67 bits per heavy atom. The van der Waals surface area contributed by atoms with E-state index in [9.17, 15) is 4.79 Å². The van der Waals surface area contributed by atoms with E-state index >= 15 is 0 Å². The van der Waals surface area contributed by atoms with Crippen LogP contribution in [0.15, 0.2) is 12.3 Å². The smallest absolute Gasteiger partial charge is 0.276 e. The van der Waals surface area contributed by atoms with Gasteiger partial charge in [-0.2, -0.15) is 0 Å². The zero-order chi connectivity index (χ0) is 8.55. The molecular weight excluding hydrogens is 156 g/mol. The summed E-state index contributed by atoms with van der Waals surface area (Å²) >= 11 is 0. The summed E-state index contributed by atoms with van der Waals surface area (Å²) in [6.07, 6.45) is 3.98. The number of carbonyl (C=O) groups is 1. The summed E-state index contributed by atoms with van der Waals surface area (Å²) in [5.41, 5.74) is 3.13. The Hall–Kier alpha value is -1.29. The van der Waals surface area contributed by atoms with Gasteiger partial charge in [0.15, 0.2) is 0 Å². The number of carbonyl (C=O) groups excluding carboxylic acids is 1. The molecule has 0 aromatic carbocycles. The molecule has 1 saturated carbocycles. The van der Waals surface area contributed by atoms with Gasteiger partial charge in [0, 0.05) is 11.9 Å². The molecule has 0 spiro atoms. The topological polar surface area (TPSA) is 65.1 Å². The van der Waals surface area contributed by atoms with E-state index in [-0.39, 0.29) is 0 Å². The fraction of sp³-hybridized carbons (Fsp3) is 0.375. The van der Waals surface area contributed by atoms with Crippen molar-refractivity contribution in [2.45, 2.75) is 18.8 Å². The van der Waals surface area contributed by atoms with Crippen LogP contribution in [0.4, 0.5) is 0 Å². The van der Waals surface area contributed by atoms with Gasteiger partial charge in [-0.15, -0.1) is 0 Å². The van der Waals surface area contributed by atoms with Crippen LogP contribution < -0.4 is 5.48 Å². The molecule has 0 saturated heterocycles. The minimum Gasteiger partial charge on any atom is -0.364 e. The van der Waals surface area contributed by atoms with Crippen LogP contribution in [0.1, 0.15) is 34.8 Å². The van der Waals surface area contributed by atoms with Gasteiger partial charge in [-0.25, -0.2) is 5.48 Å². The molecule has 4 nitrogen and oxygen atoms in total. The predicted molar refractivity (Wildman–Crippen MR) is 42.0 cm³/mol. The Morgan fingerprint density at radius 2 is 2.42 bits per heavy atom. The number of H-pyrrole nitrogens is 1. The van der Waals surface area contributed by atoms with Crippen LogP contribution in [0, 0.1) is 0 Å². The number of hydrogen-bond donors (Lipinski definition) is 3. The number of aromatic nitrogens is 1. The summed E-state index contributed by atoms with van der Waals surface area (Å²) in [5, 5.41) is 8.42. The summed E-state index contributed by atoms with van der Waals surface area (Å²) in [4.78, 5) is 14.1. The van der Waals surface area contributed by atoms with Gasteiger partial charge in [-0.3, -0.25) is 10.0 Å². The van der Waals surface area contributed by atoms with E-state index in [1.165, 1.54) is 0 Å². The molecule has 1 aliphatic carbocycles. The number of rotatable bonds is 2. The van der Waals surface area contributed by atoms with Gasteiger partial charge in [0.2, 0.25) is 0 Å². The first-order valence-electron chi connectivity index (χ1n) is 3.94. The highest BCUT2D eigenvalue weighted by molar-refractivity contribution is 5.94. The Balaban J connectivity index is 2.29. The standard InChI is InChI=1S/C8H10N2O2/c11-8(10-12)6-3-4-9-7(6)5-1-2-5/h3-5,9,12H,1-2H2,(H,10,11). The van der Waals surface area contributed by atoms with E-state index in [0.717, 1.165) is 18.5 Å². The fourth-order valence-corrected chi connectivity index (χ4v) is 1.35. The second-order valence-corrected chi connectivity index (χ2v) is 3.02. The minimum absolute atomic E-state index is 0.432. The monoisotopic (exact) mass is 166 g/mol. The van der Waals surface area contributed by atoms with E-state index in [1.807, 2.05) is 0 Å². The average molecular weight is 166 g/mol. The van der Waals surface area contributed by atoms with Crippen LogP contribution in [0.3, 0.4) is 0 Å². The summed E-state index contributed by atoms with van der Waals surface area (Å²) in [5.74, 6) is 0.0606. The van der Waals surface area contributed by atoms with Gasteiger partial charge in [0.05, 0.1) is 5.56 Å². The first-order chi connectivity index (χ1) is 5.83. The Bertz CT molecular complexity index is 302. The Morgan fingerprint density at radius 3 is 3.00 bits per heavy atom. The Kier molecular flexibility index (Phi) is 1.62. The predicted octanol–water partition coefficient (Wildman–Crippen LogP) is 1.01. The third-order valence-corrected chi connectivity index (χ3v) is 2.11. The number of aromatic amines is 1. The second-order valence-electron chi connectivity index (χ2n) is 3.02. The van der Waals surface area contributed by atoms with E-state index in [2.05, 4.69) is 4.98 Å². The molecule has 1 fully saturated rings. The maximum absolute atomic E-state index is 11.0. The minimum atomic E-state index is -0.432. The molecule has 0 radical (unpaired) electrons. The third kappa shape index (κ3) is 1.10. The lowest BCUT2D eigenvalue weighted by molar-refractivity contribution is 0.0705. The molecule has 1 aromatic heterocycles. The zero-order valence-corrected chi connectivity index (χ0v) is 6.50. The summed E-state index contributed by atoms with van der Waals surface area (Å²) in [6, 6.07) is 1.68. The highest BCUT2D eigenvalue weighted by atomic mass is 16.5. The zero-order valence-electron chi connectivity index (χ0n) is 6.50. The highest BCUT2D eigenvalue weighted by Gasteiger charge is 2.28. The molecule has 1 amide bonds. The molecule has 1 aliphatic rings. The number of hydrogen-bond acceptors (Lipinski definition) is 2. The molecule has 12 heavy (non-hydrogen) atoms. The van der Waals surface area contributed by atoms with Crippen LogP contribution in [-0.4, -0.2) is 16.1 Å². The average Bonchev–Trinajstić information content (AvgIpc) is 2.83. The number of amides is 1. The molecule has 4 heteroatoms. The maximum Gasteiger partial charge on any atom is 0.276 e. The quantitative estimate of drug-likeness (QED) is 0.453. The van der Waals surface area contributed by atoms with Crippen molar-refractivity contribution >= 4 is 5.91 Å². The van der Waals surface area contributed by atoms with Crippen molar-refractivity contribution in [3.63, 3.8) is 0 Å². The normalized spacial score (nSPS) is 16.1. The SMILES string of the molecule is O=C(NO)c1cc[nH]c1C1CC1. The van der Waals surface area contributed by atoms with Crippen molar-refractivity contribution < 1.29 is 10.0 Å². The van der Waals surface area contributed by atoms with Gasteiger partial charge in [-0.1, -0.05) is 0 Å².